The molecule has 1 aliphatic heterocycles. The molecule has 35 heavy (non-hydrogen) atoms. The lowest BCUT2D eigenvalue weighted by Crippen LogP contribution is -2.42. The largest absolute Gasteiger partial charge is 0.462 e. The molecular weight excluding hydrogens is 462 g/mol. The zero-order valence-electron chi connectivity index (χ0n) is 19.8. The molecule has 1 aromatic heterocycles. The Hall–Kier alpha value is -3.19. The van der Waals surface area contributed by atoms with Crippen LogP contribution in [0, 0.1) is 5.92 Å². The monoisotopic (exact) mass is 491 g/mol. The SMILES string of the molecule is C=C1NC2=C(C(=O)CC(c3cccs3)C2)C(c2ccc(OC(C)=O)cc2)C1C(=O)OC1CCCC1. The molecule has 0 radical (unpaired) electrons. The van der Waals surface area contributed by atoms with Gasteiger partial charge >= 0.3 is 11.9 Å². The third-order valence-electron chi connectivity index (χ3n) is 7.12. The van der Waals surface area contributed by atoms with E-state index in [9.17, 15) is 14.4 Å². The fraction of sp³-hybridized carbons (Fsp3) is 0.393. The molecule has 5 rings (SSSR count). The second-order valence-electron chi connectivity index (χ2n) is 9.55. The van der Waals surface area contributed by atoms with Crippen molar-refractivity contribution in [3.63, 3.8) is 0 Å². The summed E-state index contributed by atoms with van der Waals surface area (Å²) in [5, 5.41) is 5.36. The third kappa shape index (κ3) is 4.82. The zero-order chi connectivity index (χ0) is 24.5. The van der Waals surface area contributed by atoms with Gasteiger partial charge in [-0.3, -0.25) is 14.4 Å². The molecule has 0 saturated heterocycles. The van der Waals surface area contributed by atoms with Crippen LogP contribution in [0.1, 0.15) is 67.7 Å². The van der Waals surface area contributed by atoms with Crippen LogP contribution in [0.5, 0.6) is 5.75 Å². The third-order valence-corrected chi connectivity index (χ3v) is 8.16. The van der Waals surface area contributed by atoms with Gasteiger partial charge < -0.3 is 14.8 Å². The molecule has 2 aliphatic carbocycles. The Balaban J connectivity index is 1.52. The summed E-state index contributed by atoms with van der Waals surface area (Å²) < 4.78 is 11.1. The van der Waals surface area contributed by atoms with Gasteiger partial charge in [-0.15, -0.1) is 11.3 Å². The van der Waals surface area contributed by atoms with Crippen molar-refractivity contribution in [2.45, 2.75) is 63.4 Å². The Labute approximate surface area is 209 Å². The maximum atomic E-state index is 13.6. The first-order chi connectivity index (χ1) is 16.9. The van der Waals surface area contributed by atoms with Gasteiger partial charge in [0.2, 0.25) is 0 Å². The van der Waals surface area contributed by atoms with Crippen LogP contribution in [0.4, 0.5) is 0 Å². The number of carbonyl (C=O) groups excluding carboxylic acids is 3. The van der Waals surface area contributed by atoms with Crippen molar-refractivity contribution in [1.82, 2.24) is 5.32 Å². The number of Topliss-reactive ketones (excluding diaryl/α,β-unsaturated/α-hetero) is 1. The molecule has 7 heteroatoms. The van der Waals surface area contributed by atoms with Crippen LogP contribution in [0.15, 0.2) is 65.3 Å². The maximum Gasteiger partial charge on any atom is 0.316 e. The number of carbonyl (C=O) groups is 3. The molecular formula is C28H29NO5S. The first kappa shape index (κ1) is 23.5. The van der Waals surface area contributed by atoms with Gasteiger partial charge in [0.15, 0.2) is 5.78 Å². The Morgan fingerprint density at radius 1 is 1.09 bits per heavy atom. The van der Waals surface area contributed by atoms with Crippen LogP contribution in [0.25, 0.3) is 0 Å². The van der Waals surface area contributed by atoms with E-state index in [0.717, 1.165) is 36.9 Å². The summed E-state index contributed by atoms with van der Waals surface area (Å²) in [6, 6.07) is 11.1. The van der Waals surface area contributed by atoms with Crippen molar-refractivity contribution in [3.8, 4) is 5.75 Å². The van der Waals surface area contributed by atoms with Gasteiger partial charge in [0.1, 0.15) is 17.8 Å². The minimum Gasteiger partial charge on any atom is -0.462 e. The van der Waals surface area contributed by atoms with E-state index in [4.69, 9.17) is 9.47 Å². The fourth-order valence-corrected chi connectivity index (χ4v) is 6.40. The van der Waals surface area contributed by atoms with E-state index in [-0.39, 0.29) is 23.8 Å². The van der Waals surface area contributed by atoms with E-state index in [1.807, 2.05) is 23.6 Å². The Kier molecular flexibility index (Phi) is 6.60. The summed E-state index contributed by atoms with van der Waals surface area (Å²) >= 11 is 1.66. The van der Waals surface area contributed by atoms with Gasteiger partial charge in [0.05, 0.1) is 0 Å². The average Bonchev–Trinajstić information content (AvgIpc) is 3.53. The number of hydrogen-bond acceptors (Lipinski definition) is 7. The Morgan fingerprint density at radius 3 is 2.49 bits per heavy atom. The summed E-state index contributed by atoms with van der Waals surface area (Å²) in [6.45, 7) is 5.55. The normalized spacial score (nSPS) is 24.7. The van der Waals surface area contributed by atoms with Gasteiger partial charge in [-0.05, 0) is 61.2 Å². The predicted molar refractivity (Wildman–Crippen MR) is 133 cm³/mol. The van der Waals surface area contributed by atoms with Gasteiger partial charge in [0.25, 0.3) is 0 Å². The van der Waals surface area contributed by atoms with E-state index in [0.29, 0.717) is 29.9 Å². The summed E-state index contributed by atoms with van der Waals surface area (Å²) in [5.41, 5.74) is 2.83. The van der Waals surface area contributed by atoms with Gasteiger partial charge in [0, 0.05) is 47.0 Å². The molecule has 3 unspecified atom stereocenters. The first-order valence-electron chi connectivity index (χ1n) is 12.1. The van der Waals surface area contributed by atoms with E-state index >= 15 is 0 Å². The molecule has 1 aromatic carbocycles. The number of benzene rings is 1. The molecule has 2 aromatic rings. The van der Waals surface area contributed by atoms with Crippen molar-refractivity contribution < 1.29 is 23.9 Å². The van der Waals surface area contributed by atoms with Gasteiger partial charge in [-0.2, -0.15) is 0 Å². The molecule has 0 spiro atoms. The molecule has 182 valence electrons. The number of allylic oxidation sites excluding steroid dienone is 2. The lowest BCUT2D eigenvalue weighted by atomic mass is 9.69. The van der Waals surface area contributed by atoms with Gasteiger partial charge in [-0.1, -0.05) is 24.8 Å². The molecule has 3 aliphatic rings. The second-order valence-corrected chi connectivity index (χ2v) is 10.5. The number of rotatable bonds is 5. The van der Waals surface area contributed by atoms with E-state index < -0.39 is 17.8 Å². The van der Waals surface area contributed by atoms with E-state index in [2.05, 4.69) is 18.0 Å². The minimum absolute atomic E-state index is 0.0392. The number of nitrogens with one attached hydrogen (secondary N) is 1. The van der Waals surface area contributed by atoms with Crippen LogP contribution < -0.4 is 10.1 Å². The van der Waals surface area contributed by atoms with Crippen LogP contribution in [0.2, 0.25) is 0 Å². The highest BCUT2D eigenvalue weighted by molar-refractivity contribution is 7.10. The highest BCUT2D eigenvalue weighted by Gasteiger charge is 2.46. The van der Waals surface area contributed by atoms with Crippen molar-refractivity contribution in [1.29, 1.82) is 0 Å². The molecule has 1 saturated carbocycles. The molecule has 6 nitrogen and oxygen atoms in total. The summed E-state index contributed by atoms with van der Waals surface area (Å²) in [4.78, 5) is 39.6. The highest BCUT2D eigenvalue weighted by atomic mass is 32.1. The number of thiophene rings is 1. The second kappa shape index (κ2) is 9.82. The van der Waals surface area contributed by atoms with Crippen LogP contribution in [-0.4, -0.2) is 23.8 Å². The van der Waals surface area contributed by atoms with E-state index in [1.165, 1.54) is 11.8 Å². The molecule has 1 N–H and O–H groups in total. The topological polar surface area (TPSA) is 81.7 Å². The van der Waals surface area contributed by atoms with Gasteiger partial charge in [-0.25, -0.2) is 0 Å². The summed E-state index contributed by atoms with van der Waals surface area (Å²) in [7, 11) is 0. The lowest BCUT2D eigenvalue weighted by molar-refractivity contribution is -0.153. The van der Waals surface area contributed by atoms with Crippen molar-refractivity contribution in [3.05, 3.63) is 75.8 Å². The minimum atomic E-state index is -0.712. The number of ketones is 1. The maximum absolute atomic E-state index is 13.6. The number of esters is 2. The van der Waals surface area contributed by atoms with E-state index in [1.54, 1.807) is 23.5 Å². The quantitative estimate of drug-likeness (QED) is 0.447. The standard InChI is InChI=1S/C28H29NO5S/c1-16-25(28(32)34-20-6-3-4-7-20)26(18-9-11-21(12-10-18)33-17(2)30)27-22(29-16)14-19(15-23(27)31)24-8-5-13-35-24/h5,8-13,19-20,25-26,29H,1,3-4,6-7,14-15H2,2H3. The molecule has 3 atom stereocenters. The van der Waals surface area contributed by atoms with Crippen molar-refractivity contribution in [2.75, 3.05) is 0 Å². The first-order valence-corrected chi connectivity index (χ1v) is 13.0. The lowest BCUT2D eigenvalue weighted by Gasteiger charge is -2.40. The predicted octanol–water partition coefficient (Wildman–Crippen LogP) is 5.38. The summed E-state index contributed by atoms with van der Waals surface area (Å²) in [6.07, 6.45) is 4.86. The number of ether oxygens (including phenoxy) is 2. The van der Waals surface area contributed by atoms with Crippen LogP contribution in [-0.2, 0) is 19.1 Å². The highest BCUT2D eigenvalue weighted by Crippen LogP contribution is 2.48. The molecule has 2 heterocycles. The molecule has 0 amide bonds. The van der Waals surface area contributed by atoms with Crippen LogP contribution >= 0.6 is 11.3 Å². The Bertz CT molecular complexity index is 1170. The average molecular weight is 492 g/mol. The molecule has 0 bridgehead atoms. The van der Waals surface area contributed by atoms with Crippen molar-refractivity contribution >= 4 is 29.1 Å². The summed E-state index contributed by atoms with van der Waals surface area (Å²) in [5.74, 6) is -1.40. The van der Waals surface area contributed by atoms with Crippen LogP contribution in [0.3, 0.4) is 0 Å². The smallest absolute Gasteiger partial charge is 0.316 e. The van der Waals surface area contributed by atoms with Crippen molar-refractivity contribution in [2.24, 2.45) is 5.92 Å². The zero-order valence-corrected chi connectivity index (χ0v) is 20.6. The Morgan fingerprint density at radius 2 is 1.83 bits per heavy atom. The molecule has 1 fully saturated rings. The fourth-order valence-electron chi connectivity index (χ4n) is 5.56. The number of hydrogen-bond donors (Lipinski definition) is 1.